The number of nitrogens with one attached hydrogen (secondary N) is 1. The van der Waals surface area contributed by atoms with Crippen LogP contribution in [-0.2, 0) is 25.9 Å². The summed E-state index contributed by atoms with van der Waals surface area (Å²) in [6.45, 7) is 1.01. The molecule has 3 aliphatic rings. The lowest BCUT2D eigenvalue weighted by atomic mass is 10.0. The molecule has 0 spiro atoms. The summed E-state index contributed by atoms with van der Waals surface area (Å²) in [5, 5.41) is 14.2. The number of nitrogens with zero attached hydrogens (tertiary/aromatic N) is 1. The number of sulfonamides is 1. The van der Waals surface area contributed by atoms with E-state index in [0.717, 1.165) is 31.2 Å². The third-order valence-corrected chi connectivity index (χ3v) is 9.36. The number of ether oxygens (including phenoxy) is 4. The Hall–Kier alpha value is -2.86. The molecule has 2 aromatic carbocycles. The lowest BCUT2D eigenvalue weighted by molar-refractivity contribution is 0.0641. The van der Waals surface area contributed by atoms with E-state index >= 15 is 0 Å². The number of benzene rings is 2. The van der Waals surface area contributed by atoms with Gasteiger partial charge in [0.1, 0.15) is 6.10 Å². The number of carbonyl (C=O) groups excluding carboxylic acids is 1. The predicted molar refractivity (Wildman–Crippen MR) is 142 cm³/mol. The van der Waals surface area contributed by atoms with Crippen molar-refractivity contribution in [1.29, 1.82) is 0 Å². The SMILES string of the molecule is O=C(N[C@@H](Cc1ccccc1)[C@H](O)CN(CC1CCCC1)S(=O)(=O)c1ccc2c(c1)OCO2)O[C@H]1CCOC1. The molecule has 0 radical (unpaired) electrons. The van der Waals surface area contributed by atoms with E-state index in [1.807, 2.05) is 30.3 Å². The second-order valence-corrected chi connectivity index (χ2v) is 12.3. The molecule has 5 rings (SSSR count). The Morgan fingerprint density at radius 2 is 1.85 bits per heavy atom. The topological polar surface area (TPSA) is 124 Å². The first kappa shape index (κ1) is 27.7. The first-order valence-electron chi connectivity index (χ1n) is 13.5. The predicted octanol–water partition coefficient (Wildman–Crippen LogP) is 3.08. The van der Waals surface area contributed by atoms with Gasteiger partial charge in [-0.15, -0.1) is 0 Å². The molecule has 0 bridgehead atoms. The number of carbonyl (C=O) groups is 1. The molecule has 212 valence electrons. The Morgan fingerprint density at radius 1 is 1.08 bits per heavy atom. The highest BCUT2D eigenvalue weighted by molar-refractivity contribution is 7.89. The number of aliphatic hydroxyl groups excluding tert-OH is 1. The van der Waals surface area contributed by atoms with Gasteiger partial charge in [0.15, 0.2) is 11.5 Å². The Labute approximate surface area is 229 Å². The van der Waals surface area contributed by atoms with E-state index in [-0.39, 0.29) is 36.8 Å². The molecule has 2 aromatic rings. The fourth-order valence-electron chi connectivity index (χ4n) is 5.37. The zero-order chi connectivity index (χ0) is 27.2. The summed E-state index contributed by atoms with van der Waals surface area (Å²) >= 11 is 0. The van der Waals surface area contributed by atoms with Crippen LogP contribution in [0.5, 0.6) is 11.5 Å². The Kier molecular flexibility index (Phi) is 8.91. The van der Waals surface area contributed by atoms with Gasteiger partial charge in [0.05, 0.1) is 30.3 Å². The number of aliphatic hydroxyl groups is 1. The monoisotopic (exact) mass is 560 g/mol. The number of hydrogen-bond acceptors (Lipinski definition) is 8. The summed E-state index contributed by atoms with van der Waals surface area (Å²) in [7, 11) is -3.98. The number of amides is 1. The van der Waals surface area contributed by atoms with Gasteiger partial charge in [-0.05, 0) is 42.9 Å². The molecular formula is C28H36N2O8S. The lowest BCUT2D eigenvalue weighted by Gasteiger charge is -2.31. The summed E-state index contributed by atoms with van der Waals surface area (Å²) in [4.78, 5) is 12.8. The van der Waals surface area contributed by atoms with E-state index in [4.69, 9.17) is 18.9 Å². The van der Waals surface area contributed by atoms with Crippen LogP contribution in [0.3, 0.4) is 0 Å². The van der Waals surface area contributed by atoms with Crippen molar-refractivity contribution in [2.24, 2.45) is 5.92 Å². The molecule has 2 fully saturated rings. The summed E-state index contributed by atoms with van der Waals surface area (Å²) in [6, 6.07) is 13.2. The van der Waals surface area contributed by atoms with Gasteiger partial charge in [-0.25, -0.2) is 13.2 Å². The van der Waals surface area contributed by atoms with Crippen molar-refractivity contribution >= 4 is 16.1 Å². The Bertz CT molecular complexity index is 1210. The summed E-state index contributed by atoms with van der Waals surface area (Å²) in [5.74, 6) is 1.07. The zero-order valence-electron chi connectivity index (χ0n) is 21.9. The van der Waals surface area contributed by atoms with E-state index in [2.05, 4.69) is 5.32 Å². The van der Waals surface area contributed by atoms with Crippen LogP contribution in [-0.4, -0.2) is 75.3 Å². The first-order valence-corrected chi connectivity index (χ1v) is 15.0. The van der Waals surface area contributed by atoms with Crippen molar-refractivity contribution in [2.45, 2.75) is 61.7 Å². The van der Waals surface area contributed by atoms with Crippen LogP contribution < -0.4 is 14.8 Å². The van der Waals surface area contributed by atoms with Crippen molar-refractivity contribution in [1.82, 2.24) is 9.62 Å². The standard InChI is InChI=1S/C28H36N2O8S/c31-25(24(14-20-6-2-1-3-7-20)29-28(32)38-22-12-13-35-18-22)17-30(16-21-8-4-5-9-21)39(33,34)23-10-11-26-27(15-23)37-19-36-26/h1-3,6-7,10-11,15,21-22,24-25,31H,4-5,8-9,12-14,16-19H2,(H,29,32)/t22-,24-,25+/m0/s1. The van der Waals surface area contributed by atoms with Crippen LogP contribution in [0.25, 0.3) is 0 Å². The molecule has 1 aliphatic carbocycles. The third-order valence-electron chi connectivity index (χ3n) is 7.54. The molecule has 1 amide bonds. The molecular weight excluding hydrogens is 524 g/mol. The molecule has 11 heteroatoms. The summed E-state index contributed by atoms with van der Waals surface area (Å²) in [6.07, 6.45) is 2.70. The van der Waals surface area contributed by atoms with Gasteiger partial charge in [-0.2, -0.15) is 4.31 Å². The van der Waals surface area contributed by atoms with Crippen LogP contribution in [0.2, 0.25) is 0 Å². The van der Waals surface area contributed by atoms with Crippen molar-refractivity contribution in [3.8, 4) is 11.5 Å². The minimum Gasteiger partial charge on any atom is -0.454 e. The second-order valence-electron chi connectivity index (χ2n) is 10.4. The fraction of sp³-hybridized carbons (Fsp3) is 0.536. The average molecular weight is 561 g/mol. The summed E-state index contributed by atoms with van der Waals surface area (Å²) < 4.78 is 50.6. The summed E-state index contributed by atoms with van der Waals surface area (Å²) in [5.41, 5.74) is 0.895. The molecule has 1 saturated carbocycles. The maximum absolute atomic E-state index is 13.9. The zero-order valence-corrected chi connectivity index (χ0v) is 22.7. The van der Waals surface area contributed by atoms with E-state index < -0.39 is 28.3 Å². The van der Waals surface area contributed by atoms with Crippen molar-refractivity contribution in [3.63, 3.8) is 0 Å². The third kappa shape index (κ3) is 7.02. The van der Waals surface area contributed by atoms with E-state index in [9.17, 15) is 18.3 Å². The van der Waals surface area contributed by atoms with Crippen LogP contribution in [0.4, 0.5) is 4.79 Å². The maximum atomic E-state index is 13.9. The Morgan fingerprint density at radius 3 is 2.59 bits per heavy atom. The molecule has 2 heterocycles. The minimum atomic E-state index is -3.98. The highest BCUT2D eigenvalue weighted by Crippen LogP contribution is 2.35. The molecule has 2 N–H and O–H groups in total. The first-order chi connectivity index (χ1) is 18.9. The van der Waals surface area contributed by atoms with E-state index in [0.29, 0.717) is 37.6 Å². The van der Waals surface area contributed by atoms with Crippen LogP contribution in [0.1, 0.15) is 37.7 Å². The molecule has 0 unspecified atom stereocenters. The molecule has 3 atom stereocenters. The molecule has 39 heavy (non-hydrogen) atoms. The Balaban J connectivity index is 1.36. The number of alkyl carbamates (subject to hydrolysis) is 1. The van der Waals surface area contributed by atoms with Crippen molar-refractivity contribution in [3.05, 3.63) is 54.1 Å². The van der Waals surface area contributed by atoms with Crippen LogP contribution >= 0.6 is 0 Å². The van der Waals surface area contributed by atoms with Crippen molar-refractivity contribution < 1.29 is 37.3 Å². The molecule has 2 aliphatic heterocycles. The second kappa shape index (κ2) is 12.5. The highest BCUT2D eigenvalue weighted by atomic mass is 32.2. The highest BCUT2D eigenvalue weighted by Gasteiger charge is 2.34. The maximum Gasteiger partial charge on any atom is 0.407 e. The van der Waals surface area contributed by atoms with Crippen molar-refractivity contribution in [2.75, 3.05) is 33.1 Å². The van der Waals surface area contributed by atoms with Gasteiger partial charge < -0.3 is 29.4 Å². The minimum absolute atomic E-state index is 0.0409. The normalized spacial score (nSPS) is 20.7. The number of fused-ring (bicyclic) bond motifs is 1. The number of hydrogen-bond donors (Lipinski definition) is 2. The van der Waals surface area contributed by atoms with Gasteiger partial charge in [0.25, 0.3) is 0 Å². The van der Waals surface area contributed by atoms with E-state index in [1.54, 1.807) is 6.07 Å². The molecule has 10 nitrogen and oxygen atoms in total. The van der Waals surface area contributed by atoms with Crippen LogP contribution in [0, 0.1) is 5.92 Å². The van der Waals surface area contributed by atoms with E-state index in [1.165, 1.54) is 16.4 Å². The molecule has 0 aromatic heterocycles. The van der Waals surface area contributed by atoms with Gasteiger partial charge >= 0.3 is 6.09 Å². The number of rotatable bonds is 11. The van der Waals surface area contributed by atoms with Gasteiger partial charge in [0, 0.05) is 25.6 Å². The van der Waals surface area contributed by atoms with Gasteiger partial charge in [0.2, 0.25) is 16.8 Å². The van der Waals surface area contributed by atoms with Gasteiger partial charge in [-0.1, -0.05) is 43.2 Å². The lowest BCUT2D eigenvalue weighted by Crippen LogP contribution is -2.51. The largest absolute Gasteiger partial charge is 0.454 e. The molecule has 1 saturated heterocycles. The fourth-order valence-corrected chi connectivity index (χ4v) is 6.92. The average Bonchev–Trinajstić information content (AvgIpc) is 3.71. The smallest absolute Gasteiger partial charge is 0.407 e. The quantitative estimate of drug-likeness (QED) is 0.430. The van der Waals surface area contributed by atoms with Crippen LogP contribution in [0.15, 0.2) is 53.4 Å². The van der Waals surface area contributed by atoms with Gasteiger partial charge in [-0.3, -0.25) is 0 Å².